The molecule has 1 aliphatic carbocycles. The van der Waals surface area contributed by atoms with Crippen LogP contribution in [0.5, 0.6) is 11.5 Å². The maximum Gasteiger partial charge on any atom is 0.328 e. The van der Waals surface area contributed by atoms with E-state index in [9.17, 15) is 14.7 Å². The van der Waals surface area contributed by atoms with Crippen molar-refractivity contribution in [2.24, 2.45) is 0 Å². The van der Waals surface area contributed by atoms with E-state index < -0.39 is 11.6 Å². The minimum absolute atomic E-state index is 0.122. The van der Waals surface area contributed by atoms with Crippen LogP contribution >= 0.6 is 0 Å². The van der Waals surface area contributed by atoms with E-state index in [0.717, 1.165) is 33.5 Å². The number of imide groups is 1. The van der Waals surface area contributed by atoms with E-state index in [1.54, 1.807) is 23.1 Å². The Hall–Kier alpha value is -3.52. The van der Waals surface area contributed by atoms with Crippen LogP contribution in [0.4, 0.5) is 4.79 Å². The SMILES string of the molecule is CCOc1ccc2[nH]c3c(c2c1)C[C@@]1(C)C(=O)N(CCN(C)C2CC2)C(=O)N1[C@@H]3c1cccc(O)c1. The van der Waals surface area contributed by atoms with Crippen molar-refractivity contribution in [1.29, 1.82) is 0 Å². The molecule has 1 saturated carbocycles. The highest BCUT2D eigenvalue weighted by Crippen LogP contribution is 2.49. The molecular weight excluding hydrogens is 456 g/mol. The normalized spacial score (nSPS) is 23.5. The number of fused-ring (bicyclic) bond motifs is 4. The summed E-state index contributed by atoms with van der Waals surface area (Å²) in [6, 6.07) is 12.6. The van der Waals surface area contributed by atoms with E-state index in [0.29, 0.717) is 32.2 Å². The van der Waals surface area contributed by atoms with Gasteiger partial charge in [0, 0.05) is 42.1 Å². The number of likely N-dealkylation sites (N-methyl/N-ethyl adjacent to an activating group) is 1. The number of carbonyl (C=O) groups is 2. The molecule has 6 rings (SSSR count). The molecule has 2 atom stereocenters. The molecule has 2 fully saturated rings. The van der Waals surface area contributed by atoms with Gasteiger partial charge in [-0.1, -0.05) is 12.1 Å². The second-order valence-corrected chi connectivity index (χ2v) is 10.4. The van der Waals surface area contributed by atoms with Gasteiger partial charge >= 0.3 is 6.03 Å². The molecule has 0 spiro atoms. The van der Waals surface area contributed by atoms with Crippen LogP contribution < -0.4 is 4.74 Å². The van der Waals surface area contributed by atoms with E-state index >= 15 is 0 Å². The number of phenols is 1. The van der Waals surface area contributed by atoms with Crippen LogP contribution in [0.3, 0.4) is 0 Å². The van der Waals surface area contributed by atoms with Crippen LogP contribution in [0.15, 0.2) is 42.5 Å². The Morgan fingerprint density at radius 1 is 1.19 bits per heavy atom. The average Bonchev–Trinajstić information content (AvgIpc) is 3.62. The van der Waals surface area contributed by atoms with E-state index in [1.165, 1.54) is 17.7 Å². The van der Waals surface area contributed by atoms with Gasteiger partial charge in [-0.15, -0.1) is 0 Å². The second kappa shape index (κ2) is 8.27. The Morgan fingerprint density at radius 3 is 2.72 bits per heavy atom. The molecule has 0 bridgehead atoms. The molecule has 3 heterocycles. The lowest BCUT2D eigenvalue weighted by Crippen LogP contribution is -2.53. The molecule has 188 valence electrons. The van der Waals surface area contributed by atoms with Crippen molar-refractivity contribution in [1.82, 2.24) is 19.7 Å². The smallest absolute Gasteiger partial charge is 0.328 e. The summed E-state index contributed by atoms with van der Waals surface area (Å²) in [5.74, 6) is 0.728. The molecule has 3 amide bonds. The first kappa shape index (κ1) is 22.9. The fraction of sp³-hybridized carbons (Fsp3) is 0.429. The molecule has 0 unspecified atom stereocenters. The van der Waals surface area contributed by atoms with Crippen LogP contribution in [-0.4, -0.2) is 75.1 Å². The van der Waals surface area contributed by atoms with E-state index in [-0.39, 0.29) is 17.7 Å². The number of ether oxygens (including phenoxy) is 1. The number of aromatic nitrogens is 1. The number of aromatic amines is 1. The zero-order chi connectivity index (χ0) is 25.2. The van der Waals surface area contributed by atoms with Gasteiger partial charge in [0.2, 0.25) is 0 Å². The van der Waals surface area contributed by atoms with Gasteiger partial charge in [0.25, 0.3) is 5.91 Å². The van der Waals surface area contributed by atoms with Crippen LogP contribution in [0.1, 0.15) is 49.6 Å². The Balaban J connectivity index is 1.47. The number of nitrogens with zero attached hydrogens (tertiary/aromatic N) is 3. The summed E-state index contributed by atoms with van der Waals surface area (Å²) in [5.41, 5.74) is 2.55. The maximum atomic E-state index is 13.9. The van der Waals surface area contributed by atoms with Gasteiger partial charge in [-0.2, -0.15) is 0 Å². The third-order valence-corrected chi connectivity index (χ3v) is 7.98. The lowest BCUT2D eigenvalue weighted by atomic mass is 9.81. The minimum Gasteiger partial charge on any atom is -0.508 e. The average molecular weight is 489 g/mol. The van der Waals surface area contributed by atoms with Crippen molar-refractivity contribution in [2.45, 2.75) is 50.7 Å². The number of amides is 3. The van der Waals surface area contributed by atoms with Crippen molar-refractivity contribution in [2.75, 3.05) is 26.7 Å². The highest BCUT2D eigenvalue weighted by atomic mass is 16.5. The summed E-state index contributed by atoms with van der Waals surface area (Å²) >= 11 is 0. The van der Waals surface area contributed by atoms with Gasteiger partial charge in [-0.3, -0.25) is 14.6 Å². The number of benzene rings is 2. The first-order chi connectivity index (χ1) is 17.3. The Labute approximate surface area is 210 Å². The van der Waals surface area contributed by atoms with Gasteiger partial charge in [-0.25, -0.2) is 4.79 Å². The molecule has 1 saturated heterocycles. The van der Waals surface area contributed by atoms with Gasteiger partial charge in [0.1, 0.15) is 23.1 Å². The molecule has 8 nitrogen and oxygen atoms in total. The molecule has 0 radical (unpaired) electrons. The highest BCUT2D eigenvalue weighted by molar-refractivity contribution is 6.08. The zero-order valence-electron chi connectivity index (χ0n) is 21.0. The minimum atomic E-state index is -1.03. The van der Waals surface area contributed by atoms with Crippen molar-refractivity contribution in [3.8, 4) is 11.5 Å². The number of urea groups is 1. The summed E-state index contributed by atoms with van der Waals surface area (Å²) in [6.07, 6.45) is 2.76. The summed E-state index contributed by atoms with van der Waals surface area (Å²) in [4.78, 5) is 36.7. The molecule has 2 N–H and O–H groups in total. The molecule has 36 heavy (non-hydrogen) atoms. The van der Waals surface area contributed by atoms with Gasteiger partial charge in [-0.05, 0) is 75.2 Å². The maximum absolute atomic E-state index is 13.9. The Bertz CT molecular complexity index is 1360. The molecule has 2 aromatic carbocycles. The number of H-pyrrole nitrogens is 1. The van der Waals surface area contributed by atoms with Crippen LogP contribution in [0, 0.1) is 0 Å². The quantitative estimate of drug-likeness (QED) is 0.490. The summed E-state index contributed by atoms with van der Waals surface area (Å²) < 4.78 is 5.76. The molecule has 8 heteroatoms. The van der Waals surface area contributed by atoms with Crippen LogP contribution in [-0.2, 0) is 11.2 Å². The molecule has 3 aliphatic rings. The molecule has 3 aromatic rings. The van der Waals surface area contributed by atoms with Crippen molar-refractivity contribution < 1.29 is 19.4 Å². The Morgan fingerprint density at radius 2 is 2.00 bits per heavy atom. The predicted molar refractivity (Wildman–Crippen MR) is 136 cm³/mol. The van der Waals surface area contributed by atoms with E-state index in [2.05, 4.69) is 16.9 Å². The first-order valence-electron chi connectivity index (χ1n) is 12.7. The Kier molecular flexibility index (Phi) is 5.26. The number of hydrogen-bond acceptors (Lipinski definition) is 5. The number of nitrogens with one attached hydrogen (secondary N) is 1. The number of hydrogen-bond donors (Lipinski definition) is 2. The standard InChI is InChI=1S/C28H32N4O4/c1-4-36-20-10-11-23-21(15-20)22-16-28(2)26(34)31(13-12-30(3)18-8-9-18)27(35)32(28)25(24(22)29-23)17-6-5-7-19(33)14-17/h5-7,10-11,14-15,18,25,29,33H,4,8-9,12-13,16H2,1-3H3/t25-,28+/m1/s1. The fourth-order valence-electron chi connectivity index (χ4n) is 5.94. The summed E-state index contributed by atoms with van der Waals surface area (Å²) in [6.45, 7) is 5.42. The van der Waals surface area contributed by atoms with Gasteiger partial charge < -0.3 is 19.7 Å². The number of carbonyl (C=O) groups excluding carboxylic acids is 2. The third kappa shape index (κ3) is 3.46. The number of aromatic hydroxyl groups is 1. The summed E-state index contributed by atoms with van der Waals surface area (Å²) in [5, 5.41) is 11.3. The van der Waals surface area contributed by atoms with Crippen LogP contribution in [0.25, 0.3) is 10.9 Å². The van der Waals surface area contributed by atoms with Crippen molar-refractivity contribution in [3.63, 3.8) is 0 Å². The zero-order valence-corrected chi connectivity index (χ0v) is 21.0. The predicted octanol–water partition coefficient (Wildman–Crippen LogP) is 4.03. The topological polar surface area (TPSA) is 89.1 Å². The first-order valence-corrected chi connectivity index (χ1v) is 12.7. The van der Waals surface area contributed by atoms with E-state index in [1.807, 2.05) is 38.1 Å². The fourth-order valence-corrected chi connectivity index (χ4v) is 5.94. The number of phenolic OH excluding ortho intramolecular Hbond substituents is 1. The molecule has 1 aromatic heterocycles. The summed E-state index contributed by atoms with van der Waals surface area (Å²) in [7, 11) is 2.06. The van der Waals surface area contributed by atoms with Crippen molar-refractivity contribution in [3.05, 3.63) is 59.3 Å². The van der Waals surface area contributed by atoms with Gasteiger partial charge in [0.05, 0.1) is 6.61 Å². The third-order valence-electron chi connectivity index (χ3n) is 7.98. The molecular formula is C28H32N4O4. The molecule has 2 aliphatic heterocycles. The van der Waals surface area contributed by atoms with E-state index in [4.69, 9.17) is 4.74 Å². The van der Waals surface area contributed by atoms with Crippen LogP contribution in [0.2, 0.25) is 0 Å². The lowest BCUT2D eigenvalue weighted by molar-refractivity contribution is -0.133. The van der Waals surface area contributed by atoms with Gasteiger partial charge in [0.15, 0.2) is 0 Å². The lowest BCUT2D eigenvalue weighted by Gasteiger charge is -2.42. The second-order valence-electron chi connectivity index (χ2n) is 10.4. The largest absolute Gasteiger partial charge is 0.508 e. The highest BCUT2D eigenvalue weighted by Gasteiger charge is 2.60. The monoisotopic (exact) mass is 488 g/mol. The number of rotatable bonds is 7. The van der Waals surface area contributed by atoms with Crippen molar-refractivity contribution >= 4 is 22.8 Å².